The van der Waals surface area contributed by atoms with Gasteiger partial charge in [0, 0.05) is 5.56 Å². The predicted octanol–water partition coefficient (Wildman–Crippen LogP) is 2.48. The molecule has 3 nitrogen and oxygen atoms in total. The van der Waals surface area contributed by atoms with Crippen LogP contribution in [0, 0.1) is 0 Å². The summed E-state index contributed by atoms with van der Waals surface area (Å²) in [6.07, 6.45) is 2.61. The first-order valence-electron chi connectivity index (χ1n) is 5.16. The molecule has 1 heterocycles. The van der Waals surface area contributed by atoms with Crippen molar-refractivity contribution in [3.05, 3.63) is 35.8 Å². The van der Waals surface area contributed by atoms with E-state index in [9.17, 15) is 0 Å². The van der Waals surface area contributed by atoms with E-state index in [1.54, 1.807) is 6.26 Å². The molecule has 0 unspecified atom stereocenters. The molecule has 0 radical (unpaired) electrons. The van der Waals surface area contributed by atoms with Crippen LogP contribution in [0.2, 0.25) is 0 Å². The topological polar surface area (TPSA) is 34.4 Å². The molecule has 0 saturated heterocycles. The fourth-order valence-electron chi connectivity index (χ4n) is 1.24. The molecule has 0 amide bonds. The summed E-state index contributed by atoms with van der Waals surface area (Å²) in [6.45, 7) is 7.91. The highest BCUT2D eigenvalue weighted by molar-refractivity contribution is 5.15. The Hall–Kier alpha value is -1.06. The van der Waals surface area contributed by atoms with Gasteiger partial charge in [-0.15, -0.1) is 6.58 Å². The fourth-order valence-corrected chi connectivity index (χ4v) is 1.24. The van der Waals surface area contributed by atoms with Crippen LogP contribution in [0.3, 0.4) is 0 Å². The molecule has 84 valence electrons. The summed E-state index contributed by atoms with van der Waals surface area (Å²) in [5, 5.41) is 3.06. The zero-order valence-electron chi connectivity index (χ0n) is 9.51. The van der Waals surface area contributed by atoms with Gasteiger partial charge >= 0.3 is 0 Å². The highest BCUT2D eigenvalue weighted by atomic mass is 16.5. The molecule has 0 aliphatic rings. The summed E-state index contributed by atoms with van der Waals surface area (Å²) in [5.74, 6) is 0.952. The Morgan fingerprint density at radius 2 is 2.40 bits per heavy atom. The van der Waals surface area contributed by atoms with Crippen molar-refractivity contribution >= 4 is 0 Å². The lowest BCUT2D eigenvalue weighted by molar-refractivity contribution is 0.122. The smallest absolute Gasteiger partial charge is 0.123 e. The van der Waals surface area contributed by atoms with Gasteiger partial charge in [0.1, 0.15) is 5.76 Å². The van der Waals surface area contributed by atoms with E-state index in [1.807, 2.05) is 20.0 Å². The van der Waals surface area contributed by atoms with Crippen LogP contribution in [0.5, 0.6) is 0 Å². The Morgan fingerprint density at radius 1 is 1.60 bits per heavy atom. The van der Waals surface area contributed by atoms with Crippen molar-refractivity contribution < 1.29 is 9.15 Å². The minimum atomic E-state index is 0.612. The predicted molar refractivity (Wildman–Crippen MR) is 60.6 cm³/mol. The van der Waals surface area contributed by atoms with E-state index in [0.29, 0.717) is 6.61 Å². The van der Waals surface area contributed by atoms with Gasteiger partial charge in [-0.2, -0.15) is 0 Å². The number of ether oxygens (including phenoxy) is 1. The summed E-state index contributed by atoms with van der Waals surface area (Å²) in [4.78, 5) is 0. The number of hydrogen-bond acceptors (Lipinski definition) is 3. The van der Waals surface area contributed by atoms with Crippen LogP contribution >= 0.6 is 0 Å². The molecule has 0 bridgehead atoms. The van der Waals surface area contributed by atoms with E-state index in [0.717, 1.165) is 36.5 Å². The Morgan fingerprint density at radius 3 is 3.07 bits per heavy atom. The maximum atomic E-state index is 5.53. The second-order valence-corrected chi connectivity index (χ2v) is 3.66. The summed E-state index contributed by atoms with van der Waals surface area (Å²) in [6, 6.07) is 1.95. The Balaban J connectivity index is 2.30. The molecule has 0 fully saturated rings. The van der Waals surface area contributed by atoms with E-state index in [2.05, 4.69) is 11.9 Å². The summed E-state index contributed by atoms with van der Waals surface area (Å²) < 4.78 is 10.9. The van der Waals surface area contributed by atoms with E-state index in [-0.39, 0.29) is 0 Å². The van der Waals surface area contributed by atoms with Crippen molar-refractivity contribution in [2.75, 3.05) is 13.7 Å². The third-order valence-electron chi connectivity index (χ3n) is 2.11. The molecule has 0 aliphatic carbocycles. The summed E-state index contributed by atoms with van der Waals surface area (Å²) in [5.41, 5.74) is 2.27. The molecular formula is C12H19NO2. The maximum absolute atomic E-state index is 5.53. The second kappa shape index (κ2) is 6.43. The lowest BCUT2D eigenvalue weighted by Crippen LogP contribution is -2.06. The van der Waals surface area contributed by atoms with Gasteiger partial charge in [0.25, 0.3) is 0 Å². The maximum Gasteiger partial charge on any atom is 0.123 e. The SMILES string of the molecule is C=C(C)CCOCc1ccoc1CNC. The number of hydrogen-bond donors (Lipinski definition) is 1. The van der Waals surface area contributed by atoms with E-state index >= 15 is 0 Å². The standard InChI is InChI=1S/C12H19NO2/c1-10(2)4-6-14-9-11-5-7-15-12(11)8-13-3/h5,7,13H,1,4,6,8-9H2,2-3H3. The Kier molecular flexibility index (Phi) is 5.15. The van der Waals surface area contributed by atoms with Crippen LogP contribution in [0.25, 0.3) is 0 Å². The third kappa shape index (κ3) is 4.32. The van der Waals surface area contributed by atoms with Crippen LogP contribution < -0.4 is 5.32 Å². The van der Waals surface area contributed by atoms with Crippen LogP contribution in [-0.4, -0.2) is 13.7 Å². The van der Waals surface area contributed by atoms with Crippen molar-refractivity contribution in [3.8, 4) is 0 Å². The van der Waals surface area contributed by atoms with Crippen molar-refractivity contribution in [1.29, 1.82) is 0 Å². The average Bonchev–Trinajstić information content (AvgIpc) is 2.61. The van der Waals surface area contributed by atoms with E-state index in [1.165, 1.54) is 0 Å². The molecule has 0 aromatic carbocycles. The normalized spacial score (nSPS) is 10.5. The second-order valence-electron chi connectivity index (χ2n) is 3.66. The zero-order valence-corrected chi connectivity index (χ0v) is 9.51. The molecule has 15 heavy (non-hydrogen) atoms. The summed E-state index contributed by atoms with van der Waals surface area (Å²) >= 11 is 0. The highest BCUT2D eigenvalue weighted by Gasteiger charge is 2.04. The van der Waals surface area contributed by atoms with Crippen LogP contribution in [0.4, 0.5) is 0 Å². The summed E-state index contributed by atoms with van der Waals surface area (Å²) in [7, 11) is 1.90. The van der Waals surface area contributed by atoms with Crippen LogP contribution in [-0.2, 0) is 17.9 Å². The van der Waals surface area contributed by atoms with Gasteiger partial charge in [0.05, 0.1) is 26.0 Å². The van der Waals surface area contributed by atoms with Crippen molar-refractivity contribution in [2.45, 2.75) is 26.5 Å². The highest BCUT2D eigenvalue weighted by Crippen LogP contribution is 2.11. The van der Waals surface area contributed by atoms with Gasteiger partial charge in [-0.3, -0.25) is 0 Å². The van der Waals surface area contributed by atoms with Gasteiger partial charge in [0.15, 0.2) is 0 Å². The van der Waals surface area contributed by atoms with E-state index in [4.69, 9.17) is 9.15 Å². The van der Waals surface area contributed by atoms with Crippen LogP contribution in [0.15, 0.2) is 28.9 Å². The first kappa shape index (κ1) is 12.0. The molecule has 1 aromatic heterocycles. The molecule has 0 atom stereocenters. The van der Waals surface area contributed by atoms with Crippen molar-refractivity contribution in [2.24, 2.45) is 0 Å². The number of furan rings is 1. The molecule has 3 heteroatoms. The molecule has 1 rings (SSSR count). The molecule has 0 saturated carbocycles. The van der Waals surface area contributed by atoms with Gasteiger partial charge in [-0.1, -0.05) is 5.57 Å². The average molecular weight is 209 g/mol. The van der Waals surface area contributed by atoms with Crippen LogP contribution in [0.1, 0.15) is 24.7 Å². The lowest BCUT2D eigenvalue weighted by Gasteiger charge is -2.04. The monoisotopic (exact) mass is 209 g/mol. The van der Waals surface area contributed by atoms with Gasteiger partial charge in [-0.25, -0.2) is 0 Å². The first-order valence-corrected chi connectivity index (χ1v) is 5.16. The minimum absolute atomic E-state index is 0.612. The van der Waals surface area contributed by atoms with E-state index < -0.39 is 0 Å². The number of nitrogens with one attached hydrogen (secondary N) is 1. The quantitative estimate of drug-likeness (QED) is 0.553. The fraction of sp³-hybridized carbons (Fsp3) is 0.500. The molecule has 1 N–H and O–H groups in total. The Labute approximate surface area is 91.1 Å². The Bertz CT molecular complexity index is 304. The largest absolute Gasteiger partial charge is 0.468 e. The minimum Gasteiger partial charge on any atom is -0.468 e. The zero-order chi connectivity index (χ0) is 11.1. The number of rotatable bonds is 7. The third-order valence-corrected chi connectivity index (χ3v) is 2.11. The van der Waals surface area contributed by atoms with Crippen molar-refractivity contribution in [3.63, 3.8) is 0 Å². The van der Waals surface area contributed by atoms with Gasteiger partial charge in [0.2, 0.25) is 0 Å². The lowest BCUT2D eigenvalue weighted by atomic mass is 10.2. The molecule has 1 aromatic rings. The van der Waals surface area contributed by atoms with Gasteiger partial charge in [-0.05, 0) is 26.5 Å². The molecular weight excluding hydrogens is 190 g/mol. The van der Waals surface area contributed by atoms with Gasteiger partial charge < -0.3 is 14.5 Å². The molecule has 0 spiro atoms. The molecule has 0 aliphatic heterocycles. The first-order chi connectivity index (χ1) is 7.24. The van der Waals surface area contributed by atoms with Crippen molar-refractivity contribution in [1.82, 2.24) is 5.32 Å².